The molecule has 36 heavy (non-hydrogen) atoms. The summed E-state index contributed by atoms with van der Waals surface area (Å²) in [4.78, 5) is 31.0. The van der Waals surface area contributed by atoms with Gasteiger partial charge in [0.2, 0.25) is 0 Å². The van der Waals surface area contributed by atoms with E-state index in [4.69, 9.17) is 9.47 Å². The maximum Gasteiger partial charge on any atom is 0.274 e. The second kappa shape index (κ2) is 10.3. The van der Waals surface area contributed by atoms with Crippen LogP contribution in [0.15, 0.2) is 35.4 Å². The minimum atomic E-state index is -0.254. The van der Waals surface area contributed by atoms with Gasteiger partial charge >= 0.3 is 0 Å². The van der Waals surface area contributed by atoms with Gasteiger partial charge in [-0.1, -0.05) is 0 Å². The first-order valence-electron chi connectivity index (χ1n) is 12.4. The van der Waals surface area contributed by atoms with E-state index in [1.807, 2.05) is 12.3 Å². The molecular formula is C25H33N7O4. The van der Waals surface area contributed by atoms with Crippen molar-refractivity contribution in [3.63, 3.8) is 0 Å². The van der Waals surface area contributed by atoms with Crippen LogP contribution in [0, 0.1) is 0 Å². The van der Waals surface area contributed by atoms with Gasteiger partial charge in [0.25, 0.3) is 11.5 Å². The summed E-state index contributed by atoms with van der Waals surface area (Å²) < 4.78 is 14.3. The lowest BCUT2D eigenvalue weighted by atomic mass is 9.89. The Bertz CT molecular complexity index is 1300. The van der Waals surface area contributed by atoms with Gasteiger partial charge in [-0.3, -0.25) is 9.59 Å². The maximum atomic E-state index is 13.4. The van der Waals surface area contributed by atoms with Gasteiger partial charge in [-0.15, -0.1) is 0 Å². The Morgan fingerprint density at radius 2 is 2.03 bits per heavy atom. The highest BCUT2D eigenvalue weighted by Gasteiger charge is 2.33. The van der Waals surface area contributed by atoms with Crippen molar-refractivity contribution >= 4 is 28.9 Å². The number of nitrogens with zero attached hydrogens (tertiary/aromatic N) is 4. The van der Waals surface area contributed by atoms with Gasteiger partial charge in [-0.25, -0.2) is 4.98 Å². The van der Waals surface area contributed by atoms with Crippen molar-refractivity contribution in [2.75, 3.05) is 31.9 Å². The van der Waals surface area contributed by atoms with Crippen LogP contribution in [0.5, 0.6) is 0 Å². The molecule has 0 saturated heterocycles. The monoisotopic (exact) mass is 495 g/mol. The highest BCUT2D eigenvalue weighted by atomic mass is 16.5. The number of aromatic nitrogens is 4. The summed E-state index contributed by atoms with van der Waals surface area (Å²) in [6.45, 7) is 0. The molecule has 2 saturated carbocycles. The third-order valence-electron chi connectivity index (χ3n) is 7.37. The topological polar surface area (TPSA) is 124 Å². The van der Waals surface area contributed by atoms with Gasteiger partial charge in [0.05, 0.1) is 24.4 Å². The summed E-state index contributed by atoms with van der Waals surface area (Å²) in [5.41, 5.74) is 1.05. The molecule has 192 valence electrons. The van der Waals surface area contributed by atoms with Crippen LogP contribution in [0.25, 0.3) is 5.65 Å². The van der Waals surface area contributed by atoms with Gasteiger partial charge < -0.3 is 30.0 Å². The van der Waals surface area contributed by atoms with Gasteiger partial charge in [0.15, 0.2) is 5.65 Å². The fourth-order valence-electron chi connectivity index (χ4n) is 5.15. The third-order valence-corrected chi connectivity index (χ3v) is 7.37. The van der Waals surface area contributed by atoms with Crippen LogP contribution in [0.2, 0.25) is 0 Å². The third kappa shape index (κ3) is 4.56. The maximum absolute atomic E-state index is 13.4. The molecule has 11 nitrogen and oxygen atoms in total. The molecule has 2 fully saturated rings. The average Bonchev–Trinajstić information content (AvgIpc) is 3.31. The van der Waals surface area contributed by atoms with Crippen LogP contribution < -0.4 is 21.5 Å². The van der Waals surface area contributed by atoms with E-state index in [0.717, 1.165) is 38.5 Å². The first kappa shape index (κ1) is 24.3. The predicted molar refractivity (Wildman–Crippen MR) is 136 cm³/mol. The van der Waals surface area contributed by atoms with Crippen molar-refractivity contribution in [1.29, 1.82) is 0 Å². The molecule has 3 heterocycles. The number of anilines is 3. The first-order chi connectivity index (χ1) is 17.5. The van der Waals surface area contributed by atoms with Gasteiger partial charge in [-0.05, 0) is 50.7 Å². The van der Waals surface area contributed by atoms with E-state index in [2.05, 4.69) is 26.0 Å². The van der Waals surface area contributed by atoms with Crippen LogP contribution in [0.1, 0.15) is 54.9 Å². The number of hydrogen-bond acceptors (Lipinski definition) is 8. The molecule has 3 N–H and O–H groups in total. The predicted octanol–water partition coefficient (Wildman–Crippen LogP) is 2.71. The molecular weight excluding hydrogens is 462 g/mol. The van der Waals surface area contributed by atoms with E-state index in [-0.39, 0.29) is 35.8 Å². The molecule has 3 aromatic rings. The number of carbonyl (C=O) groups excluding carboxylic acids is 1. The number of amides is 1. The van der Waals surface area contributed by atoms with Crippen LogP contribution in [0.3, 0.4) is 0 Å². The van der Waals surface area contributed by atoms with Gasteiger partial charge in [0, 0.05) is 39.6 Å². The van der Waals surface area contributed by atoms with Crippen molar-refractivity contribution in [1.82, 2.24) is 24.5 Å². The molecule has 0 unspecified atom stereocenters. The molecule has 3 aromatic heterocycles. The molecule has 2 aliphatic rings. The number of carbonyl (C=O) groups is 1. The molecule has 4 atom stereocenters. The molecule has 2 aliphatic carbocycles. The number of rotatable bonds is 8. The van der Waals surface area contributed by atoms with E-state index in [1.54, 1.807) is 42.5 Å². The molecule has 0 spiro atoms. The molecule has 5 rings (SSSR count). The number of pyridine rings is 1. The highest BCUT2D eigenvalue weighted by Crippen LogP contribution is 2.29. The Balaban J connectivity index is 1.43. The summed E-state index contributed by atoms with van der Waals surface area (Å²) in [7, 11) is 5.14. The van der Waals surface area contributed by atoms with Crippen LogP contribution >= 0.6 is 0 Å². The van der Waals surface area contributed by atoms with Crippen molar-refractivity contribution < 1.29 is 14.3 Å². The van der Waals surface area contributed by atoms with Gasteiger partial charge in [-0.2, -0.15) is 9.61 Å². The normalized spacial score (nSPS) is 23.8. The highest BCUT2D eigenvalue weighted by molar-refractivity contribution is 6.00. The Labute approximate surface area is 209 Å². The fraction of sp³-hybridized carbons (Fsp3) is 0.520. The number of fused-ring (bicyclic) bond motifs is 1. The number of nitrogens with one attached hydrogen (secondary N) is 3. The minimum absolute atomic E-state index is 0.0252. The van der Waals surface area contributed by atoms with Crippen LogP contribution in [0.4, 0.5) is 17.3 Å². The number of ether oxygens (including phenoxy) is 2. The fourth-order valence-corrected chi connectivity index (χ4v) is 5.15. The molecule has 0 bridgehead atoms. The van der Waals surface area contributed by atoms with Crippen molar-refractivity contribution in [3.05, 3.63) is 46.5 Å². The number of methoxy groups -OCH3 is 2. The summed E-state index contributed by atoms with van der Waals surface area (Å²) in [6.07, 6.45) is 9.12. The summed E-state index contributed by atoms with van der Waals surface area (Å²) in [5, 5.41) is 13.6. The Hall–Kier alpha value is -3.44. The average molecular weight is 496 g/mol. The number of hydrogen-bond donors (Lipinski definition) is 3. The second-order valence-electron chi connectivity index (χ2n) is 9.44. The molecule has 11 heteroatoms. The standard InChI is InChI=1S/C25H33N7O4/c1-26-22-13-21(28-19-8-5-11-31(25(19)34)15-6-4-7-16(12-15)35-2)30-23-17(14-27-32(22)23)24(33)29-18-9-10-20(18)36-3/h5,8,11,13-16,18,20,26H,4,6-7,9-10,12H2,1-3H3,(H,28,30)(H,29,33)/t15-,16-,18-,20-/m0/s1. The van der Waals surface area contributed by atoms with E-state index in [0.29, 0.717) is 28.5 Å². The molecule has 1 amide bonds. The summed E-state index contributed by atoms with van der Waals surface area (Å²) >= 11 is 0. The lowest BCUT2D eigenvalue weighted by molar-refractivity contribution is 0.00732. The van der Waals surface area contributed by atoms with E-state index < -0.39 is 0 Å². The quantitative estimate of drug-likeness (QED) is 0.436. The second-order valence-corrected chi connectivity index (χ2v) is 9.44. The van der Waals surface area contributed by atoms with E-state index in [1.165, 1.54) is 6.20 Å². The largest absolute Gasteiger partial charge is 0.381 e. The molecule has 0 aliphatic heterocycles. The first-order valence-corrected chi connectivity index (χ1v) is 12.4. The smallest absolute Gasteiger partial charge is 0.274 e. The van der Waals surface area contributed by atoms with Crippen LogP contribution in [-0.4, -0.2) is 64.6 Å². The van der Waals surface area contributed by atoms with Crippen molar-refractivity contribution in [2.45, 2.75) is 62.8 Å². The Kier molecular flexibility index (Phi) is 6.92. The summed E-state index contributed by atoms with van der Waals surface area (Å²) in [6, 6.07) is 5.43. The molecule has 0 aromatic carbocycles. The van der Waals surface area contributed by atoms with E-state index in [9.17, 15) is 9.59 Å². The van der Waals surface area contributed by atoms with Crippen LogP contribution in [-0.2, 0) is 9.47 Å². The zero-order valence-corrected chi connectivity index (χ0v) is 20.9. The van der Waals surface area contributed by atoms with Crippen molar-refractivity contribution in [2.24, 2.45) is 0 Å². The van der Waals surface area contributed by atoms with Gasteiger partial charge in [0.1, 0.15) is 22.9 Å². The van der Waals surface area contributed by atoms with E-state index >= 15 is 0 Å². The Morgan fingerprint density at radius 1 is 1.17 bits per heavy atom. The minimum Gasteiger partial charge on any atom is -0.381 e. The zero-order valence-electron chi connectivity index (χ0n) is 20.9. The lowest BCUT2D eigenvalue weighted by Gasteiger charge is -2.35. The van der Waals surface area contributed by atoms with Crippen molar-refractivity contribution in [3.8, 4) is 0 Å². The lowest BCUT2D eigenvalue weighted by Crippen LogP contribution is -2.51. The Morgan fingerprint density at radius 3 is 2.75 bits per heavy atom. The SMILES string of the molecule is CNc1cc(Nc2cccn([C@H]3CCC[C@H](OC)C3)c2=O)nc2c(C(=O)N[C@H]3CC[C@@H]3OC)cnn12. The summed E-state index contributed by atoms with van der Waals surface area (Å²) in [5.74, 6) is 0.815. The zero-order chi connectivity index (χ0) is 25.2. The molecule has 0 radical (unpaired) electrons.